The first kappa shape index (κ1) is 19.7. The van der Waals surface area contributed by atoms with Gasteiger partial charge in [-0.05, 0) is 25.5 Å². The van der Waals surface area contributed by atoms with Crippen molar-refractivity contribution in [1.82, 2.24) is 10.7 Å². The van der Waals surface area contributed by atoms with Crippen molar-refractivity contribution in [1.29, 1.82) is 5.26 Å². The van der Waals surface area contributed by atoms with Crippen molar-refractivity contribution in [2.45, 2.75) is 31.5 Å². The number of benzene rings is 1. The number of rotatable bonds is 4. The number of amides is 1. The Morgan fingerprint density at radius 1 is 1.46 bits per heavy atom. The van der Waals surface area contributed by atoms with Gasteiger partial charge in [0.05, 0.1) is 11.6 Å². The molecule has 1 aliphatic heterocycles. The summed E-state index contributed by atoms with van der Waals surface area (Å²) in [6, 6.07) is 6.20. The lowest BCUT2D eigenvalue weighted by Gasteiger charge is -2.24. The van der Waals surface area contributed by atoms with Crippen LogP contribution >= 0.6 is 11.6 Å². The maximum atomic E-state index is 13.4. The van der Waals surface area contributed by atoms with Crippen molar-refractivity contribution < 1.29 is 18.0 Å². The Hall–Kier alpha value is -2.60. The molecule has 6 nitrogen and oxygen atoms in total. The van der Waals surface area contributed by atoms with Crippen molar-refractivity contribution in [2.75, 3.05) is 6.54 Å². The van der Waals surface area contributed by atoms with Crippen LogP contribution in [0.1, 0.15) is 25.0 Å². The van der Waals surface area contributed by atoms with Gasteiger partial charge < -0.3 is 5.32 Å². The van der Waals surface area contributed by atoms with Gasteiger partial charge in [-0.2, -0.15) is 23.5 Å². The van der Waals surface area contributed by atoms with E-state index < -0.39 is 40.3 Å². The molecule has 1 aromatic carbocycles. The molecule has 2 rings (SSSR count). The summed E-state index contributed by atoms with van der Waals surface area (Å²) in [6.45, 7) is 3.10. The van der Waals surface area contributed by atoms with E-state index in [0.717, 1.165) is 12.1 Å². The van der Waals surface area contributed by atoms with Crippen molar-refractivity contribution in [3.05, 3.63) is 35.4 Å². The van der Waals surface area contributed by atoms with Crippen LogP contribution in [0, 0.1) is 11.3 Å². The van der Waals surface area contributed by atoms with E-state index in [-0.39, 0.29) is 11.9 Å². The zero-order valence-corrected chi connectivity index (χ0v) is 14.6. The maximum absolute atomic E-state index is 13.4. The van der Waals surface area contributed by atoms with E-state index in [9.17, 15) is 23.2 Å². The molecule has 1 aromatic rings. The van der Waals surface area contributed by atoms with Crippen LogP contribution in [0.3, 0.4) is 0 Å². The van der Waals surface area contributed by atoms with Crippen LogP contribution in [0.2, 0.25) is 0 Å². The average molecular weight is 386 g/mol. The van der Waals surface area contributed by atoms with Crippen molar-refractivity contribution in [3.63, 3.8) is 0 Å². The van der Waals surface area contributed by atoms with Gasteiger partial charge in [-0.25, -0.2) is 0 Å². The molecule has 26 heavy (non-hydrogen) atoms. The number of hydrazone groups is 1. The summed E-state index contributed by atoms with van der Waals surface area (Å²) in [5.41, 5.74) is -1.13. The summed E-state index contributed by atoms with van der Waals surface area (Å²) in [5, 5.41) is 15.6. The van der Waals surface area contributed by atoms with E-state index in [1.807, 2.05) is 0 Å². The minimum atomic E-state index is -4.71. The van der Waals surface area contributed by atoms with Crippen LogP contribution in [0.15, 0.2) is 34.4 Å². The Morgan fingerprint density at radius 3 is 2.69 bits per heavy atom. The highest BCUT2D eigenvalue weighted by Gasteiger charge is 2.51. The first-order valence-corrected chi connectivity index (χ1v) is 7.92. The van der Waals surface area contributed by atoms with E-state index in [1.54, 1.807) is 19.9 Å². The molecule has 0 radical (unpaired) electrons. The van der Waals surface area contributed by atoms with E-state index in [2.05, 4.69) is 20.8 Å². The number of aliphatic imine (C=N–C) groups is 1. The lowest BCUT2D eigenvalue weighted by molar-refractivity contribution is -0.138. The molecule has 0 aliphatic carbocycles. The zero-order valence-electron chi connectivity index (χ0n) is 13.9. The Kier molecular flexibility index (Phi) is 5.56. The normalized spacial score (nSPS) is 21.3. The predicted molar refractivity (Wildman–Crippen MR) is 90.7 cm³/mol. The van der Waals surface area contributed by atoms with E-state index >= 15 is 0 Å². The Labute approximate surface area is 152 Å². The number of nitrogens with zero attached hydrogens (tertiary/aromatic N) is 3. The average Bonchev–Trinajstić information content (AvgIpc) is 2.88. The van der Waals surface area contributed by atoms with E-state index in [4.69, 9.17) is 11.6 Å². The number of hydrogen-bond donors (Lipinski definition) is 2. The quantitative estimate of drug-likeness (QED) is 0.834. The first-order chi connectivity index (χ1) is 12.1. The Balaban J connectivity index is 2.53. The predicted octanol–water partition coefficient (Wildman–Crippen LogP) is 2.55. The van der Waals surface area contributed by atoms with Gasteiger partial charge in [-0.3, -0.25) is 15.2 Å². The number of nitrogens with one attached hydrogen (secondary N) is 2. The summed E-state index contributed by atoms with van der Waals surface area (Å²) in [6.07, 6.45) is -4.71. The second-order valence-electron chi connectivity index (χ2n) is 5.81. The molecule has 1 amide bonds. The molecule has 0 aromatic heterocycles. The third-order valence-corrected chi connectivity index (χ3v) is 3.93. The SMILES string of the molecule is CC(C)NC(=O)CN=C1NN=C(Cl)C1(C#N)c1ccccc1C(F)(F)F. The molecule has 10 heteroatoms. The monoisotopic (exact) mass is 385 g/mol. The van der Waals surface area contributed by atoms with Crippen LogP contribution in [0.25, 0.3) is 0 Å². The van der Waals surface area contributed by atoms with E-state index in [1.165, 1.54) is 12.1 Å². The smallest absolute Gasteiger partial charge is 0.352 e. The van der Waals surface area contributed by atoms with Crippen LogP contribution in [-0.2, 0) is 16.4 Å². The molecule has 2 N–H and O–H groups in total. The Bertz CT molecular complexity index is 813. The van der Waals surface area contributed by atoms with Gasteiger partial charge in [0.15, 0.2) is 10.6 Å². The summed E-state index contributed by atoms with van der Waals surface area (Å²) < 4.78 is 40.2. The number of hydrogen-bond acceptors (Lipinski definition) is 4. The fourth-order valence-corrected chi connectivity index (χ4v) is 2.77. The molecule has 1 atom stereocenters. The fraction of sp³-hybridized carbons (Fsp3) is 0.375. The highest BCUT2D eigenvalue weighted by Crippen LogP contribution is 2.40. The van der Waals surface area contributed by atoms with Gasteiger partial charge in [0.25, 0.3) is 0 Å². The summed E-state index contributed by atoms with van der Waals surface area (Å²) in [5.74, 6) is -0.686. The maximum Gasteiger partial charge on any atom is 0.416 e. The van der Waals surface area contributed by atoms with Gasteiger partial charge in [0, 0.05) is 6.04 Å². The number of nitriles is 1. The number of halogens is 4. The molecular formula is C16H15ClF3N5O. The lowest BCUT2D eigenvalue weighted by atomic mass is 9.79. The zero-order chi connectivity index (χ0) is 19.5. The van der Waals surface area contributed by atoms with Crippen molar-refractivity contribution >= 4 is 28.5 Å². The molecule has 1 heterocycles. The molecular weight excluding hydrogens is 371 g/mol. The van der Waals surface area contributed by atoms with Crippen LogP contribution in [0.5, 0.6) is 0 Å². The largest absolute Gasteiger partial charge is 0.416 e. The molecule has 0 spiro atoms. The second kappa shape index (κ2) is 7.33. The van der Waals surface area contributed by atoms with E-state index in [0.29, 0.717) is 0 Å². The lowest BCUT2D eigenvalue weighted by Crippen LogP contribution is -2.42. The molecule has 0 fully saturated rings. The van der Waals surface area contributed by atoms with Crippen molar-refractivity contribution in [3.8, 4) is 6.07 Å². The second-order valence-corrected chi connectivity index (χ2v) is 6.16. The molecule has 138 valence electrons. The Morgan fingerprint density at radius 2 is 2.12 bits per heavy atom. The third-order valence-electron chi connectivity index (χ3n) is 3.56. The molecule has 0 saturated carbocycles. The first-order valence-electron chi connectivity index (χ1n) is 7.54. The number of carbonyl (C=O) groups is 1. The number of carbonyl (C=O) groups excluding carboxylic acids is 1. The van der Waals surface area contributed by atoms with Gasteiger partial charge >= 0.3 is 6.18 Å². The number of amidine groups is 1. The highest BCUT2D eigenvalue weighted by molar-refractivity contribution is 6.71. The van der Waals surface area contributed by atoms with Crippen molar-refractivity contribution in [2.24, 2.45) is 10.1 Å². The molecule has 1 unspecified atom stereocenters. The number of alkyl halides is 3. The van der Waals surface area contributed by atoms with Crippen LogP contribution in [-0.4, -0.2) is 29.5 Å². The molecule has 0 saturated heterocycles. The molecule has 1 aliphatic rings. The van der Waals surface area contributed by atoms with Crippen LogP contribution < -0.4 is 10.7 Å². The van der Waals surface area contributed by atoms with Gasteiger partial charge in [0.1, 0.15) is 12.4 Å². The molecule has 0 bridgehead atoms. The summed E-state index contributed by atoms with van der Waals surface area (Å²) in [7, 11) is 0. The van der Waals surface area contributed by atoms with Gasteiger partial charge in [-0.1, -0.05) is 29.8 Å². The minimum Gasteiger partial charge on any atom is -0.352 e. The highest BCUT2D eigenvalue weighted by atomic mass is 35.5. The summed E-state index contributed by atoms with van der Waals surface area (Å²) >= 11 is 6.00. The summed E-state index contributed by atoms with van der Waals surface area (Å²) in [4.78, 5) is 15.7. The third kappa shape index (κ3) is 3.65. The standard InChI is InChI=1S/C16H15ClF3N5O/c1-9(2)23-12(26)7-22-14-15(8-21,13(17)24-25-14)10-5-3-4-6-11(10)16(18,19)20/h3-6,9H,7H2,1-2H3,(H,22,25)(H,23,26). The van der Waals surface area contributed by atoms with Gasteiger partial charge in [0.2, 0.25) is 5.91 Å². The van der Waals surface area contributed by atoms with Gasteiger partial charge in [-0.15, -0.1) is 0 Å². The minimum absolute atomic E-state index is 0.134. The topological polar surface area (TPSA) is 89.6 Å². The fourth-order valence-electron chi connectivity index (χ4n) is 2.50. The van der Waals surface area contributed by atoms with Crippen LogP contribution in [0.4, 0.5) is 13.2 Å².